The van der Waals surface area contributed by atoms with Gasteiger partial charge in [-0.05, 0) is 38.0 Å². The summed E-state index contributed by atoms with van der Waals surface area (Å²) in [5.41, 5.74) is 1.60. The van der Waals surface area contributed by atoms with Crippen molar-refractivity contribution in [3.8, 4) is 5.75 Å². The molecule has 1 aromatic carbocycles. The summed E-state index contributed by atoms with van der Waals surface area (Å²) in [7, 11) is 0. The van der Waals surface area contributed by atoms with E-state index in [1.54, 1.807) is 17.0 Å². The van der Waals surface area contributed by atoms with Gasteiger partial charge in [0.2, 0.25) is 0 Å². The third-order valence-corrected chi connectivity index (χ3v) is 2.76. The summed E-state index contributed by atoms with van der Waals surface area (Å²) in [6, 6.07) is 4.99. The van der Waals surface area contributed by atoms with Crippen LogP contribution in [0.1, 0.15) is 36.7 Å². The molecule has 0 aliphatic carbocycles. The van der Waals surface area contributed by atoms with Crippen molar-refractivity contribution in [2.45, 2.75) is 27.2 Å². The molecule has 0 fully saturated rings. The van der Waals surface area contributed by atoms with Crippen LogP contribution >= 0.6 is 0 Å². The van der Waals surface area contributed by atoms with E-state index < -0.39 is 0 Å². The Kier molecular flexibility index (Phi) is 6.28. The molecule has 0 atom stereocenters. The van der Waals surface area contributed by atoms with E-state index in [0.29, 0.717) is 18.7 Å². The van der Waals surface area contributed by atoms with Gasteiger partial charge >= 0.3 is 0 Å². The predicted octanol–water partition coefficient (Wildman–Crippen LogP) is 2.60. The van der Waals surface area contributed by atoms with Gasteiger partial charge in [0.05, 0.1) is 0 Å². The van der Waals surface area contributed by atoms with Crippen LogP contribution in [0.15, 0.2) is 18.2 Å². The second-order valence-electron chi connectivity index (χ2n) is 3.67. The number of amides is 1. The standard InChI is InChI=1S/C13H19NO2.H3N/c1-4-10-7-8-11(15)9-12(10)13(16)14(5-2)6-3;/h7-9,15H,4-6H2,1-3H3;1H3. The Bertz CT molecular complexity index is 374. The van der Waals surface area contributed by atoms with E-state index in [0.717, 1.165) is 12.0 Å². The number of phenols is 1. The lowest BCUT2D eigenvalue weighted by atomic mass is 10.0. The van der Waals surface area contributed by atoms with Gasteiger partial charge in [-0.2, -0.15) is 0 Å². The van der Waals surface area contributed by atoms with Gasteiger partial charge in [-0.1, -0.05) is 13.0 Å². The van der Waals surface area contributed by atoms with Crippen molar-refractivity contribution in [1.29, 1.82) is 0 Å². The van der Waals surface area contributed by atoms with Crippen molar-refractivity contribution in [3.63, 3.8) is 0 Å². The van der Waals surface area contributed by atoms with E-state index >= 15 is 0 Å². The van der Waals surface area contributed by atoms with Crippen LogP contribution in [0.4, 0.5) is 0 Å². The average molecular weight is 238 g/mol. The summed E-state index contributed by atoms with van der Waals surface area (Å²) in [5.74, 6) is 0.144. The Balaban J connectivity index is 0.00000256. The Hall–Kier alpha value is -1.55. The summed E-state index contributed by atoms with van der Waals surface area (Å²) in [6.45, 7) is 7.29. The summed E-state index contributed by atoms with van der Waals surface area (Å²) in [4.78, 5) is 13.9. The summed E-state index contributed by atoms with van der Waals surface area (Å²) in [5, 5.41) is 9.44. The van der Waals surface area contributed by atoms with E-state index in [1.807, 2.05) is 26.8 Å². The molecule has 0 bridgehead atoms. The number of carbonyl (C=O) groups is 1. The lowest BCUT2D eigenvalue weighted by Crippen LogP contribution is -2.31. The van der Waals surface area contributed by atoms with E-state index in [1.165, 1.54) is 0 Å². The Morgan fingerprint density at radius 1 is 1.24 bits per heavy atom. The van der Waals surface area contributed by atoms with Crippen LogP contribution in [0, 0.1) is 0 Å². The molecule has 0 saturated carbocycles. The molecule has 0 saturated heterocycles. The molecule has 96 valence electrons. The highest BCUT2D eigenvalue weighted by molar-refractivity contribution is 5.96. The number of nitrogens with zero attached hydrogens (tertiary/aromatic N) is 1. The first kappa shape index (κ1) is 15.4. The normalized spacial score (nSPS) is 9.59. The molecule has 1 rings (SSSR count). The maximum atomic E-state index is 12.2. The monoisotopic (exact) mass is 238 g/mol. The second kappa shape index (κ2) is 6.91. The van der Waals surface area contributed by atoms with E-state index in [4.69, 9.17) is 0 Å². The molecule has 0 aromatic heterocycles. The summed E-state index contributed by atoms with van der Waals surface area (Å²) < 4.78 is 0. The molecule has 0 spiro atoms. The minimum absolute atomic E-state index is 0. The van der Waals surface area contributed by atoms with Crippen LogP contribution < -0.4 is 6.15 Å². The lowest BCUT2D eigenvalue weighted by molar-refractivity contribution is 0.0771. The van der Waals surface area contributed by atoms with Crippen LogP contribution in [-0.4, -0.2) is 29.0 Å². The van der Waals surface area contributed by atoms with Crippen molar-refractivity contribution in [2.75, 3.05) is 13.1 Å². The zero-order valence-corrected chi connectivity index (χ0v) is 10.9. The minimum Gasteiger partial charge on any atom is -0.508 e. The highest BCUT2D eigenvalue weighted by Crippen LogP contribution is 2.19. The van der Waals surface area contributed by atoms with Crippen molar-refractivity contribution >= 4 is 5.91 Å². The smallest absolute Gasteiger partial charge is 0.254 e. The average Bonchev–Trinajstić information content (AvgIpc) is 2.30. The molecule has 17 heavy (non-hydrogen) atoms. The fourth-order valence-electron chi connectivity index (χ4n) is 1.75. The highest BCUT2D eigenvalue weighted by Gasteiger charge is 2.16. The second-order valence-corrected chi connectivity index (χ2v) is 3.67. The molecule has 0 heterocycles. The molecule has 0 aliphatic rings. The van der Waals surface area contributed by atoms with E-state index in [-0.39, 0.29) is 17.8 Å². The van der Waals surface area contributed by atoms with Gasteiger partial charge in [-0.25, -0.2) is 0 Å². The largest absolute Gasteiger partial charge is 0.508 e. The van der Waals surface area contributed by atoms with Crippen molar-refractivity contribution in [1.82, 2.24) is 11.1 Å². The lowest BCUT2D eigenvalue weighted by Gasteiger charge is -2.20. The Morgan fingerprint density at radius 2 is 1.82 bits per heavy atom. The summed E-state index contributed by atoms with van der Waals surface area (Å²) >= 11 is 0. The number of hydrogen-bond donors (Lipinski definition) is 2. The number of aryl methyl sites for hydroxylation is 1. The maximum Gasteiger partial charge on any atom is 0.254 e. The number of hydrogen-bond acceptors (Lipinski definition) is 3. The molecule has 1 amide bonds. The number of rotatable bonds is 4. The fourth-order valence-corrected chi connectivity index (χ4v) is 1.75. The maximum absolute atomic E-state index is 12.2. The predicted molar refractivity (Wildman–Crippen MR) is 69.8 cm³/mol. The molecule has 0 unspecified atom stereocenters. The van der Waals surface area contributed by atoms with Gasteiger partial charge in [-0.3, -0.25) is 4.79 Å². The minimum atomic E-state index is -0.00208. The SMILES string of the molecule is CCc1ccc(O)cc1C(=O)N(CC)CC.N. The number of carbonyl (C=O) groups excluding carboxylic acids is 1. The molecule has 1 aromatic rings. The van der Waals surface area contributed by atoms with E-state index in [9.17, 15) is 9.90 Å². The molecule has 4 nitrogen and oxygen atoms in total. The van der Waals surface area contributed by atoms with Gasteiger partial charge < -0.3 is 16.2 Å². The van der Waals surface area contributed by atoms with Crippen molar-refractivity contribution in [3.05, 3.63) is 29.3 Å². The molecular formula is C13H22N2O2. The zero-order chi connectivity index (χ0) is 12.1. The van der Waals surface area contributed by atoms with Gasteiger partial charge in [0.1, 0.15) is 5.75 Å². The first-order chi connectivity index (χ1) is 7.63. The summed E-state index contributed by atoms with van der Waals surface area (Å²) in [6.07, 6.45) is 0.794. The number of phenolic OH excluding ortho intramolecular Hbond substituents is 1. The zero-order valence-electron chi connectivity index (χ0n) is 10.9. The molecule has 4 heteroatoms. The van der Waals surface area contributed by atoms with Crippen LogP contribution in [0.2, 0.25) is 0 Å². The van der Waals surface area contributed by atoms with Gasteiger partial charge in [-0.15, -0.1) is 0 Å². The first-order valence-corrected chi connectivity index (χ1v) is 5.75. The third-order valence-electron chi connectivity index (χ3n) is 2.76. The number of benzene rings is 1. The van der Waals surface area contributed by atoms with Gasteiger partial charge in [0, 0.05) is 18.7 Å². The molecule has 4 N–H and O–H groups in total. The quantitative estimate of drug-likeness (QED) is 0.846. The van der Waals surface area contributed by atoms with Crippen LogP contribution in [0.3, 0.4) is 0 Å². The molecule has 0 radical (unpaired) electrons. The topological polar surface area (TPSA) is 75.5 Å². The van der Waals surface area contributed by atoms with Crippen LogP contribution in [0.5, 0.6) is 5.75 Å². The van der Waals surface area contributed by atoms with Crippen molar-refractivity contribution < 1.29 is 9.90 Å². The third kappa shape index (κ3) is 3.46. The fraction of sp³-hybridized carbons (Fsp3) is 0.462. The Labute approximate surface area is 103 Å². The van der Waals surface area contributed by atoms with E-state index in [2.05, 4.69) is 0 Å². The first-order valence-electron chi connectivity index (χ1n) is 5.75. The van der Waals surface area contributed by atoms with Crippen LogP contribution in [-0.2, 0) is 6.42 Å². The van der Waals surface area contributed by atoms with Gasteiger partial charge in [0.15, 0.2) is 0 Å². The molecule has 0 aliphatic heterocycles. The highest BCUT2D eigenvalue weighted by atomic mass is 16.3. The molecular weight excluding hydrogens is 216 g/mol. The van der Waals surface area contributed by atoms with Gasteiger partial charge in [0.25, 0.3) is 5.91 Å². The Morgan fingerprint density at radius 3 is 2.29 bits per heavy atom. The van der Waals surface area contributed by atoms with Crippen molar-refractivity contribution in [2.24, 2.45) is 0 Å². The number of aromatic hydroxyl groups is 1. The van der Waals surface area contributed by atoms with Crippen LogP contribution in [0.25, 0.3) is 0 Å².